The van der Waals surface area contributed by atoms with E-state index in [2.05, 4.69) is 27.4 Å². The van der Waals surface area contributed by atoms with Gasteiger partial charge in [0.2, 0.25) is 0 Å². The number of amides is 1. The Balaban J connectivity index is 2.06. The van der Waals surface area contributed by atoms with Crippen LogP contribution in [0.4, 0.5) is 5.82 Å². The van der Waals surface area contributed by atoms with Crippen LogP contribution in [0.2, 0.25) is 0 Å². The summed E-state index contributed by atoms with van der Waals surface area (Å²) in [6, 6.07) is 3.37. The summed E-state index contributed by atoms with van der Waals surface area (Å²) in [5.74, 6) is 1.40. The molecule has 2 aromatic rings. The first kappa shape index (κ1) is 15.9. The Morgan fingerprint density at radius 3 is 2.77 bits per heavy atom. The summed E-state index contributed by atoms with van der Waals surface area (Å²) in [5, 5.41) is 10.9. The number of aromatic nitrogens is 4. The molecule has 2 heterocycles. The van der Waals surface area contributed by atoms with E-state index in [0.717, 1.165) is 24.6 Å². The van der Waals surface area contributed by atoms with E-state index in [1.54, 1.807) is 18.6 Å². The molecule has 118 valence electrons. The molecule has 0 saturated heterocycles. The van der Waals surface area contributed by atoms with Crippen LogP contribution in [0.1, 0.15) is 42.5 Å². The van der Waals surface area contributed by atoms with E-state index >= 15 is 0 Å². The van der Waals surface area contributed by atoms with Crippen LogP contribution in [0.3, 0.4) is 0 Å². The van der Waals surface area contributed by atoms with Gasteiger partial charge in [0.25, 0.3) is 5.91 Å². The van der Waals surface area contributed by atoms with Crippen molar-refractivity contribution in [2.24, 2.45) is 0 Å². The molecule has 1 N–H and O–H groups in total. The van der Waals surface area contributed by atoms with Gasteiger partial charge in [0, 0.05) is 26.8 Å². The van der Waals surface area contributed by atoms with Gasteiger partial charge in [-0.3, -0.25) is 4.79 Å². The number of rotatable bonds is 6. The van der Waals surface area contributed by atoms with Crippen LogP contribution >= 0.6 is 0 Å². The van der Waals surface area contributed by atoms with Crippen LogP contribution in [-0.4, -0.2) is 39.8 Å². The number of carbonyl (C=O) groups is 1. The van der Waals surface area contributed by atoms with Gasteiger partial charge in [-0.15, -0.1) is 10.2 Å². The minimum Gasteiger partial charge on any atom is -0.363 e. The molecule has 0 radical (unpaired) electrons. The highest BCUT2D eigenvalue weighted by Gasteiger charge is 2.16. The topological polar surface area (TPSA) is 75.9 Å². The van der Waals surface area contributed by atoms with Crippen LogP contribution < -0.4 is 10.2 Å². The van der Waals surface area contributed by atoms with Crippen LogP contribution in [0.5, 0.6) is 0 Å². The molecule has 1 atom stereocenters. The summed E-state index contributed by atoms with van der Waals surface area (Å²) in [5.41, 5.74) is 0.527. The maximum atomic E-state index is 12.3. The summed E-state index contributed by atoms with van der Waals surface area (Å²) in [6.07, 6.45) is 4.25. The SMILES string of the molecule is CCCn1cnnc1[C@@H](C)NC(=O)c1ccc(N(C)C)nc1. The van der Waals surface area contributed by atoms with Crippen LogP contribution in [0.15, 0.2) is 24.7 Å². The highest BCUT2D eigenvalue weighted by atomic mass is 16.1. The molecule has 0 aliphatic carbocycles. The predicted molar refractivity (Wildman–Crippen MR) is 84.8 cm³/mol. The molecular weight excluding hydrogens is 280 g/mol. The predicted octanol–water partition coefficient (Wildman–Crippen LogP) is 1.64. The summed E-state index contributed by atoms with van der Waals surface area (Å²) in [7, 11) is 3.81. The van der Waals surface area contributed by atoms with Crippen molar-refractivity contribution in [3.63, 3.8) is 0 Å². The molecule has 0 fully saturated rings. The summed E-state index contributed by atoms with van der Waals surface area (Å²) in [4.78, 5) is 18.4. The van der Waals surface area contributed by atoms with Gasteiger partial charge in [0.15, 0.2) is 5.82 Å². The van der Waals surface area contributed by atoms with Crippen LogP contribution in [0, 0.1) is 0 Å². The van der Waals surface area contributed by atoms with E-state index in [0.29, 0.717) is 5.56 Å². The van der Waals surface area contributed by atoms with Crippen molar-refractivity contribution in [3.8, 4) is 0 Å². The van der Waals surface area contributed by atoms with E-state index in [-0.39, 0.29) is 11.9 Å². The quantitative estimate of drug-likeness (QED) is 0.878. The molecule has 0 aliphatic rings. The summed E-state index contributed by atoms with van der Waals surface area (Å²) >= 11 is 0. The Morgan fingerprint density at radius 2 is 2.18 bits per heavy atom. The third-order valence-corrected chi connectivity index (χ3v) is 3.31. The number of hydrogen-bond donors (Lipinski definition) is 1. The van der Waals surface area contributed by atoms with Crippen LogP contribution in [-0.2, 0) is 6.54 Å². The molecule has 0 saturated carbocycles. The molecule has 2 rings (SSSR count). The van der Waals surface area contributed by atoms with Gasteiger partial charge in [0.1, 0.15) is 12.1 Å². The molecule has 0 bridgehead atoms. The fourth-order valence-corrected chi connectivity index (χ4v) is 2.14. The van der Waals surface area contributed by atoms with Crippen LogP contribution in [0.25, 0.3) is 0 Å². The van der Waals surface area contributed by atoms with E-state index in [1.807, 2.05) is 36.6 Å². The van der Waals surface area contributed by atoms with Crippen molar-refractivity contribution in [1.29, 1.82) is 0 Å². The second kappa shape index (κ2) is 7.02. The van der Waals surface area contributed by atoms with Crippen molar-refractivity contribution < 1.29 is 4.79 Å². The lowest BCUT2D eigenvalue weighted by molar-refractivity contribution is 0.0937. The maximum Gasteiger partial charge on any atom is 0.253 e. The molecule has 7 nitrogen and oxygen atoms in total. The average Bonchev–Trinajstić information content (AvgIpc) is 2.96. The zero-order valence-corrected chi connectivity index (χ0v) is 13.4. The average molecular weight is 302 g/mol. The molecule has 1 amide bonds. The molecule has 0 aliphatic heterocycles. The number of pyridine rings is 1. The first-order valence-electron chi connectivity index (χ1n) is 7.34. The Hall–Kier alpha value is -2.44. The van der Waals surface area contributed by atoms with Crippen molar-refractivity contribution >= 4 is 11.7 Å². The number of nitrogens with zero attached hydrogens (tertiary/aromatic N) is 5. The zero-order chi connectivity index (χ0) is 16.1. The standard InChI is InChI=1S/C15H22N6O/c1-5-8-21-10-17-19-14(21)11(2)18-15(22)12-6-7-13(16-9-12)20(3)4/h6-7,9-11H,5,8H2,1-4H3,(H,18,22)/t11-/m1/s1. The van der Waals surface area contributed by atoms with Gasteiger partial charge < -0.3 is 14.8 Å². The molecule has 2 aromatic heterocycles. The van der Waals surface area contributed by atoms with Crippen molar-refractivity contribution in [2.45, 2.75) is 32.9 Å². The molecule has 7 heteroatoms. The van der Waals surface area contributed by atoms with Crippen molar-refractivity contribution in [3.05, 3.63) is 36.0 Å². The minimum atomic E-state index is -0.213. The molecular formula is C15H22N6O. The number of hydrogen-bond acceptors (Lipinski definition) is 5. The molecule has 22 heavy (non-hydrogen) atoms. The highest BCUT2D eigenvalue weighted by molar-refractivity contribution is 5.94. The summed E-state index contributed by atoms with van der Waals surface area (Å²) < 4.78 is 1.96. The number of aryl methyl sites for hydroxylation is 1. The first-order valence-corrected chi connectivity index (χ1v) is 7.34. The van der Waals surface area contributed by atoms with E-state index < -0.39 is 0 Å². The van der Waals surface area contributed by atoms with E-state index in [9.17, 15) is 4.79 Å². The first-order chi connectivity index (χ1) is 10.5. The Labute approximate surface area is 130 Å². The lowest BCUT2D eigenvalue weighted by Crippen LogP contribution is -2.29. The molecule has 0 spiro atoms. The normalized spacial score (nSPS) is 12.0. The van der Waals surface area contributed by atoms with E-state index in [1.165, 1.54) is 0 Å². The van der Waals surface area contributed by atoms with Gasteiger partial charge in [0.05, 0.1) is 11.6 Å². The van der Waals surface area contributed by atoms with Crippen molar-refractivity contribution in [1.82, 2.24) is 25.1 Å². The summed E-state index contributed by atoms with van der Waals surface area (Å²) in [6.45, 7) is 4.82. The largest absolute Gasteiger partial charge is 0.363 e. The van der Waals surface area contributed by atoms with Gasteiger partial charge in [-0.2, -0.15) is 0 Å². The second-order valence-corrected chi connectivity index (χ2v) is 5.38. The Bertz CT molecular complexity index is 619. The van der Waals surface area contributed by atoms with Gasteiger partial charge >= 0.3 is 0 Å². The van der Waals surface area contributed by atoms with Gasteiger partial charge in [-0.1, -0.05) is 6.92 Å². The molecule has 0 unspecified atom stereocenters. The van der Waals surface area contributed by atoms with Crippen molar-refractivity contribution in [2.75, 3.05) is 19.0 Å². The molecule has 0 aromatic carbocycles. The highest BCUT2D eigenvalue weighted by Crippen LogP contribution is 2.12. The van der Waals surface area contributed by atoms with E-state index in [4.69, 9.17) is 0 Å². The third-order valence-electron chi connectivity index (χ3n) is 3.31. The lowest BCUT2D eigenvalue weighted by Gasteiger charge is -2.15. The number of nitrogens with one attached hydrogen (secondary N) is 1. The monoisotopic (exact) mass is 302 g/mol. The Morgan fingerprint density at radius 1 is 1.41 bits per heavy atom. The number of anilines is 1. The maximum absolute atomic E-state index is 12.3. The third kappa shape index (κ3) is 3.60. The van der Waals surface area contributed by atoms with Gasteiger partial charge in [-0.25, -0.2) is 4.98 Å². The minimum absolute atomic E-state index is 0.170. The zero-order valence-electron chi connectivity index (χ0n) is 13.4. The number of carbonyl (C=O) groups excluding carboxylic acids is 1. The Kier molecular flexibility index (Phi) is 5.08. The lowest BCUT2D eigenvalue weighted by atomic mass is 10.2. The van der Waals surface area contributed by atoms with Gasteiger partial charge in [-0.05, 0) is 25.5 Å². The second-order valence-electron chi connectivity index (χ2n) is 5.38. The smallest absolute Gasteiger partial charge is 0.253 e. The fraction of sp³-hybridized carbons (Fsp3) is 0.467. The fourth-order valence-electron chi connectivity index (χ4n) is 2.14.